The maximum Gasteiger partial charge on any atom is 0.209 e. The van der Waals surface area contributed by atoms with E-state index in [0.717, 1.165) is 5.56 Å². The van der Waals surface area contributed by atoms with Crippen LogP contribution in [0.15, 0.2) is 72.9 Å². The zero-order valence-corrected chi connectivity index (χ0v) is 19.1. The van der Waals surface area contributed by atoms with E-state index >= 15 is 0 Å². The van der Waals surface area contributed by atoms with E-state index in [4.69, 9.17) is 9.99 Å². The molecule has 3 aromatic rings. The van der Waals surface area contributed by atoms with Crippen molar-refractivity contribution in [1.82, 2.24) is 4.57 Å². The highest BCUT2D eigenvalue weighted by atomic mass is 17.1. The van der Waals surface area contributed by atoms with Gasteiger partial charge in [0.25, 0.3) is 0 Å². The molecule has 0 saturated carbocycles. The largest absolute Gasteiger partial charge is 0.485 e. The zero-order valence-electron chi connectivity index (χ0n) is 19.1. The van der Waals surface area contributed by atoms with E-state index in [-0.39, 0.29) is 12.4 Å². The molecule has 0 radical (unpaired) electrons. The van der Waals surface area contributed by atoms with E-state index in [1.165, 1.54) is 5.56 Å². The summed E-state index contributed by atoms with van der Waals surface area (Å²) in [5, 5.41) is 8.69. The van der Waals surface area contributed by atoms with Crippen LogP contribution in [0.25, 0.3) is 6.08 Å². The second kappa shape index (κ2) is 10.4. The van der Waals surface area contributed by atoms with Crippen LogP contribution in [-0.4, -0.2) is 27.8 Å². The fourth-order valence-corrected chi connectivity index (χ4v) is 3.43. The maximum atomic E-state index is 13.0. The van der Waals surface area contributed by atoms with Crippen LogP contribution in [0, 0.1) is 0 Å². The quantitative estimate of drug-likeness (QED) is 0.235. The molecule has 5 nitrogen and oxygen atoms in total. The average molecular weight is 434 g/mol. The lowest BCUT2D eigenvalue weighted by Gasteiger charge is -2.24. The normalized spacial score (nSPS) is 11.9. The van der Waals surface area contributed by atoms with Crippen LogP contribution < -0.4 is 4.74 Å². The molecule has 0 unspecified atom stereocenters. The van der Waals surface area contributed by atoms with Gasteiger partial charge in [-0.25, -0.2) is 4.89 Å². The van der Waals surface area contributed by atoms with Crippen LogP contribution in [0.4, 0.5) is 0 Å². The molecule has 0 saturated heterocycles. The fourth-order valence-electron chi connectivity index (χ4n) is 3.43. The number of hydrogen-bond acceptors (Lipinski definition) is 4. The number of rotatable bonds is 10. The van der Waals surface area contributed by atoms with Gasteiger partial charge in [0.2, 0.25) is 5.78 Å². The molecule has 0 bridgehead atoms. The van der Waals surface area contributed by atoms with Gasteiger partial charge in [0.1, 0.15) is 18.0 Å². The molecule has 0 amide bonds. The number of carbonyl (C=O) groups is 1. The van der Waals surface area contributed by atoms with Crippen LogP contribution in [0.5, 0.6) is 5.75 Å². The Labute approximate surface area is 189 Å². The predicted molar refractivity (Wildman–Crippen MR) is 127 cm³/mol. The van der Waals surface area contributed by atoms with E-state index in [2.05, 4.69) is 18.7 Å². The summed E-state index contributed by atoms with van der Waals surface area (Å²) in [6, 6.07) is 19.3. The van der Waals surface area contributed by atoms with Gasteiger partial charge in [-0.2, -0.15) is 0 Å². The standard InChI is InChI=1S/C27H31NO4/c1-20(2)22-12-14-23(15-13-22)26(29)25-11-7-17-28(25)16-6-9-21-8-5-10-24(18-21)32-27(3,4)19-31-30/h5-15,17-18,20,30H,16,19H2,1-4H3. The van der Waals surface area contributed by atoms with Crippen LogP contribution in [-0.2, 0) is 11.4 Å². The molecule has 3 rings (SSSR count). The first-order valence-electron chi connectivity index (χ1n) is 10.8. The number of allylic oxidation sites excluding steroid dienone is 1. The van der Waals surface area contributed by atoms with E-state index in [1.807, 2.05) is 97.4 Å². The van der Waals surface area contributed by atoms with Crippen molar-refractivity contribution >= 4 is 11.9 Å². The molecular weight excluding hydrogens is 402 g/mol. The van der Waals surface area contributed by atoms with Crippen molar-refractivity contribution in [2.24, 2.45) is 0 Å². The van der Waals surface area contributed by atoms with Crippen molar-refractivity contribution in [1.29, 1.82) is 0 Å². The molecule has 32 heavy (non-hydrogen) atoms. The van der Waals surface area contributed by atoms with E-state index in [9.17, 15) is 4.79 Å². The van der Waals surface area contributed by atoms with E-state index < -0.39 is 5.60 Å². The van der Waals surface area contributed by atoms with Crippen molar-refractivity contribution in [3.63, 3.8) is 0 Å². The van der Waals surface area contributed by atoms with Crippen LogP contribution >= 0.6 is 0 Å². The lowest BCUT2D eigenvalue weighted by Crippen LogP contribution is -2.33. The van der Waals surface area contributed by atoms with E-state index in [1.54, 1.807) is 0 Å². The number of ether oxygens (including phenoxy) is 1. The fraction of sp³-hybridized carbons (Fsp3) is 0.296. The Hall–Kier alpha value is -3.15. The summed E-state index contributed by atoms with van der Waals surface area (Å²) in [4.78, 5) is 17.2. The second-order valence-electron chi connectivity index (χ2n) is 8.76. The van der Waals surface area contributed by atoms with Crippen molar-refractivity contribution in [2.75, 3.05) is 6.61 Å². The molecule has 1 heterocycles. The SMILES string of the molecule is CC(C)c1ccc(C(=O)c2cccn2CC=Cc2cccc(OC(C)(C)COO)c2)cc1. The van der Waals surface area contributed by atoms with Crippen molar-refractivity contribution in [3.8, 4) is 5.75 Å². The number of aromatic nitrogens is 1. The smallest absolute Gasteiger partial charge is 0.209 e. The van der Waals surface area contributed by atoms with Gasteiger partial charge in [-0.05, 0) is 55.2 Å². The molecule has 0 aliphatic rings. The van der Waals surface area contributed by atoms with Crippen LogP contribution in [0.2, 0.25) is 0 Å². The summed E-state index contributed by atoms with van der Waals surface area (Å²) < 4.78 is 7.83. The minimum absolute atomic E-state index is 0.0161. The lowest BCUT2D eigenvalue weighted by molar-refractivity contribution is -0.264. The summed E-state index contributed by atoms with van der Waals surface area (Å²) in [5.74, 6) is 1.14. The second-order valence-corrected chi connectivity index (χ2v) is 8.76. The molecular formula is C27H31NO4. The molecule has 1 N–H and O–H groups in total. The Morgan fingerprint density at radius 3 is 2.53 bits per heavy atom. The third-order valence-corrected chi connectivity index (χ3v) is 5.18. The average Bonchev–Trinajstić information content (AvgIpc) is 3.21. The van der Waals surface area contributed by atoms with Gasteiger partial charge in [-0.15, -0.1) is 0 Å². The van der Waals surface area contributed by atoms with Gasteiger partial charge in [0.05, 0.1) is 5.69 Å². The van der Waals surface area contributed by atoms with Crippen molar-refractivity contribution < 1.29 is 19.7 Å². The molecule has 0 aliphatic heterocycles. The first kappa shape index (κ1) is 23.5. The molecule has 2 aromatic carbocycles. The summed E-state index contributed by atoms with van der Waals surface area (Å²) in [5.41, 5.74) is 2.91. The topological polar surface area (TPSA) is 60.7 Å². The third kappa shape index (κ3) is 6.19. The van der Waals surface area contributed by atoms with Gasteiger partial charge in [0, 0.05) is 18.3 Å². The minimum atomic E-state index is -0.648. The van der Waals surface area contributed by atoms with Crippen molar-refractivity contribution in [3.05, 3.63) is 95.3 Å². The summed E-state index contributed by atoms with van der Waals surface area (Å²) >= 11 is 0. The molecule has 0 fully saturated rings. The van der Waals surface area contributed by atoms with Crippen LogP contribution in [0.3, 0.4) is 0 Å². The minimum Gasteiger partial charge on any atom is -0.485 e. The summed E-state index contributed by atoms with van der Waals surface area (Å²) in [7, 11) is 0. The molecule has 0 aliphatic carbocycles. The van der Waals surface area contributed by atoms with Gasteiger partial charge < -0.3 is 9.30 Å². The molecule has 0 spiro atoms. The van der Waals surface area contributed by atoms with Gasteiger partial charge in [-0.1, -0.05) is 62.4 Å². The maximum absolute atomic E-state index is 13.0. The third-order valence-electron chi connectivity index (χ3n) is 5.18. The Kier molecular flexibility index (Phi) is 7.67. The highest BCUT2D eigenvalue weighted by molar-refractivity contribution is 6.08. The van der Waals surface area contributed by atoms with Crippen molar-refractivity contribution in [2.45, 2.75) is 45.8 Å². The Morgan fingerprint density at radius 2 is 1.84 bits per heavy atom. The monoisotopic (exact) mass is 433 g/mol. The number of nitrogens with zero attached hydrogens (tertiary/aromatic N) is 1. The van der Waals surface area contributed by atoms with Gasteiger partial charge >= 0.3 is 0 Å². The summed E-state index contributed by atoms with van der Waals surface area (Å²) in [6.45, 7) is 8.60. The molecule has 1 aromatic heterocycles. The number of ketones is 1. The van der Waals surface area contributed by atoms with Gasteiger partial charge in [0.15, 0.2) is 0 Å². The van der Waals surface area contributed by atoms with Gasteiger partial charge in [-0.3, -0.25) is 10.1 Å². The van der Waals surface area contributed by atoms with Crippen LogP contribution in [0.1, 0.15) is 60.8 Å². The zero-order chi connectivity index (χ0) is 23.1. The highest BCUT2D eigenvalue weighted by Crippen LogP contribution is 2.21. The molecule has 5 heteroatoms. The Balaban J connectivity index is 1.68. The molecule has 0 atom stereocenters. The summed E-state index contributed by atoms with van der Waals surface area (Å²) in [6.07, 6.45) is 5.92. The highest BCUT2D eigenvalue weighted by Gasteiger charge is 2.20. The van der Waals surface area contributed by atoms with E-state index in [0.29, 0.717) is 29.5 Å². The predicted octanol–water partition coefficient (Wildman–Crippen LogP) is 6.20. The Bertz CT molecular complexity index is 1060. The number of hydrogen-bond donors (Lipinski definition) is 1. The lowest BCUT2D eigenvalue weighted by atomic mass is 10.00. The molecule has 168 valence electrons. The number of benzene rings is 2. The first-order chi connectivity index (χ1) is 15.3. The number of carbonyl (C=O) groups excluding carboxylic acids is 1. The Morgan fingerprint density at radius 1 is 1.09 bits per heavy atom. The first-order valence-corrected chi connectivity index (χ1v) is 10.8.